The van der Waals surface area contributed by atoms with Gasteiger partial charge >= 0.3 is 12.2 Å². The van der Waals surface area contributed by atoms with Crippen LogP contribution in [0.4, 0.5) is 18.0 Å². The molecule has 0 saturated carbocycles. The zero-order valence-electron chi connectivity index (χ0n) is 11.3. The van der Waals surface area contributed by atoms with Gasteiger partial charge in [0.05, 0.1) is 6.61 Å². The molecule has 116 valence electrons. The molecule has 0 spiro atoms. The van der Waals surface area contributed by atoms with Crippen LogP contribution in [-0.2, 0) is 0 Å². The maximum atomic E-state index is 12.0. The van der Waals surface area contributed by atoms with Gasteiger partial charge < -0.3 is 15.3 Å². The van der Waals surface area contributed by atoms with Crippen LogP contribution in [0.3, 0.4) is 0 Å². The number of urea groups is 1. The Hall–Kier alpha value is -2.02. The van der Waals surface area contributed by atoms with Gasteiger partial charge in [0.2, 0.25) is 0 Å². The van der Waals surface area contributed by atoms with E-state index in [1.54, 1.807) is 17.5 Å². The summed E-state index contributed by atoms with van der Waals surface area (Å²) in [6.07, 6.45) is -1.06. The van der Waals surface area contributed by atoms with Crippen LogP contribution in [-0.4, -0.2) is 48.5 Å². The molecule has 21 heavy (non-hydrogen) atoms. The Balaban J connectivity index is 2.53. The first-order valence-electron chi connectivity index (χ1n) is 6.34. The number of halogens is 3. The Bertz CT molecular complexity index is 461. The lowest BCUT2D eigenvalue weighted by Gasteiger charge is -2.21. The first kappa shape index (κ1) is 17.0. The molecule has 0 radical (unpaired) electrons. The molecule has 0 unspecified atom stereocenters. The summed E-state index contributed by atoms with van der Waals surface area (Å²) in [4.78, 5) is 12.7. The van der Waals surface area contributed by atoms with Gasteiger partial charge in [0, 0.05) is 13.1 Å². The second-order valence-corrected chi connectivity index (χ2v) is 4.26. The normalized spacial score (nSPS) is 11.6. The van der Waals surface area contributed by atoms with Crippen LogP contribution in [0, 0.1) is 0 Å². The van der Waals surface area contributed by atoms with Crippen LogP contribution in [0.1, 0.15) is 5.56 Å². The average molecular weight is 302 g/mol. The van der Waals surface area contributed by atoms with Crippen LogP contribution < -0.4 is 5.32 Å². The number of rotatable bonds is 6. The van der Waals surface area contributed by atoms with Gasteiger partial charge in [-0.1, -0.05) is 42.5 Å². The van der Waals surface area contributed by atoms with Crippen LogP contribution >= 0.6 is 0 Å². The fraction of sp³-hybridized carbons (Fsp3) is 0.357. The zero-order chi connectivity index (χ0) is 15.7. The van der Waals surface area contributed by atoms with Crippen molar-refractivity contribution in [1.82, 2.24) is 10.2 Å². The highest BCUT2D eigenvalue weighted by Gasteiger charge is 2.28. The summed E-state index contributed by atoms with van der Waals surface area (Å²) < 4.78 is 36.1. The van der Waals surface area contributed by atoms with Crippen molar-refractivity contribution in [2.24, 2.45) is 0 Å². The zero-order valence-corrected chi connectivity index (χ0v) is 11.3. The fourth-order valence-corrected chi connectivity index (χ4v) is 1.56. The molecule has 7 heteroatoms. The number of carbonyl (C=O) groups is 1. The molecule has 0 aliphatic heterocycles. The van der Waals surface area contributed by atoms with Crippen molar-refractivity contribution >= 4 is 12.1 Å². The largest absolute Gasteiger partial charge is 0.405 e. The summed E-state index contributed by atoms with van der Waals surface area (Å²) in [6.45, 7) is -1.64. The van der Waals surface area contributed by atoms with E-state index in [0.29, 0.717) is 0 Å². The molecule has 1 aromatic rings. The number of carbonyl (C=O) groups excluding carboxylic acids is 1. The van der Waals surface area contributed by atoms with E-state index in [-0.39, 0.29) is 19.7 Å². The van der Waals surface area contributed by atoms with Crippen molar-refractivity contribution in [1.29, 1.82) is 0 Å². The highest BCUT2D eigenvalue weighted by Crippen LogP contribution is 2.12. The van der Waals surface area contributed by atoms with Gasteiger partial charge in [0.15, 0.2) is 0 Å². The number of amides is 2. The molecule has 0 aliphatic carbocycles. The number of aliphatic hydroxyl groups is 1. The Kier molecular flexibility index (Phi) is 6.74. The SMILES string of the molecule is O=C(NCC(F)(F)F)N(CC=Cc1ccccc1)CCO. The summed E-state index contributed by atoms with van der Waals surface area (Å²) in [5.74, 6) is 0. The summed E-state index contributed by atoms with van der Waals surface area (Å²) in [5, 5.41) is 10.6. The number of alkyl halides is 3. The highest BCUT2D eigenvalue weighted by molar-refractivity contribution is 5.74. The highest BCUT2D eigenvalue weighted by atomic mass is 19.4. The van der Waals surface area contributed by atoms with E-state index in [1.165, 1.54) is 0 Å². The molecule has 0 fully saturated rings. The van der Waals surface area contributed by atoms with E-state index < -0.39 is 18.8 Å². The van der Waals surface area contributed by atoms with E-state index in [1.807, 2.05) is 30.3 Å². The molecule has 2 N–H and O–H groups in total. The smallest absolute Gasteiger partial charge is 0.395 e. The molecule has 0 saturated heterocycles. The van der Waals surface area contributed by atoms with Gasteiger partial charge in [-0.25, -0.2) is 4.79 Å². The number of aliphatic hydroxyl groups excluding tert-OH is 1. The third kappa shape index (κ3) is 7.36. The predicted molar refractivity (Wildman–Crippen MR) is 73.6 cm³/mol. The van der Waals surface area contributed by atoms with Crippen LogP contribution in [0.25, 0.3) is 6.08 Å². The Morgan fingerprint density at radius 3 is 2.52 bits per heavy atom. The molecule has 4 nitrogen and oxygen atoms in total. The fourth-order valence-electron chi connectivity index (χ4n) is 1.56. The molecule has 0 aliphatic rings. The monoisotopic (exact) mass is 302 g/mol. The number of nitrogens with one attached hydrogen (secondary N) is 1. The van der Waals surface area contributed by atoms with Crippen molar-refractivity contribution in [2.45, 2.75) is 6.18 Å². The summed E-state index contributed by atoms with van der Waals surface area (Å²) in [5.41, 5.74) is 0.914. The van der Waals surface area contributed by atoms with E-state index in [4.69, 9.17) is 5.11 Å². The van der Waals surface area contributed by atoms with Crippen LogP contribution in [0.5, 0.6) is 0 Å². The lowest BCUT2D eigenvalue weighted by molar-refractivity contribution is -0.123. The van der Waals surface area contributed by atoms with Crippen LogP contribution in [0.2, 0.25) is 0 Å². The van der Waals surface area contributed by atoms with Crippen molar-refractivity contribution in [3.63, 3.8) is 0 Å². The topological polar surface area (TPSA) is 52.6 Å². The van der Waals surface area contributed by atoms with Gasteiger partial charge in [-0.2, -0.15) is 13.2 Å². The average Bonchev–Trinajstić information content (AvgIpc) is 2.44. The van der Waals surface area contributed by atoms with E-state index >= 15 is 0 Å². The number of benzene rings is 1. The molecule has 1 rings (SSSR count). The number of hydrogen-bond donors (Lipinski definition) is 2. The van der Waals surface area contributed by atoms with Crippen molar-refractivity contribution in [3.8, 4) is 0 Å². The second kappa shape index (κ2) is 8.31. The number of hydrogen-bond acceptors (Lipinski definition) is 2. The van der Waals surface area contributed by atoms with Gasteiger partial charge in [-0.3, -0.25) is 0 Å². The Morgan fingerprint density at radius 2 is 1.95 bits per heavy atom. The maximum absolute atomic E-state index is 12.0. The molecule has 0 aromatic heterocycles. The minimum atomic E-state index is -4.46. The lowest BCUT2D eigenvalue weighted by Crippen LogP contribution is -2.44. The van der Waals surface area contributed by atoms with E-state index in [0.717, 1.165) is 10.5 Å². The molecule has 0 bridgehead atoms. The first-order valence-corrected chi connectivity index (χ1v) is 6.34. The second-order valence-electron chi connectivity index (χ2n) is 4.26. The molecule has 2 amide bonds. The summed E-state index contributed by atoms with van der Waals surface area (Å²) in [6, 6.07) is 8.41. The van der Waals surface area contributed by atoms with Crippen LogP contribution in [0.15, 0.2) is 36.4 Å². The van der Waals surface area contributed by atoms with Gasteiger partial charge in [-0.05, 0) is 5.56 Å². The van der Waals surface area contributed by atoms with Gasteiger partial charge in [-0.15, -0.1) is 0 Å². The van der Waals surface area contributed by atoms with Gasteiger partial charge in [0.25, 0.3) is 0 Å². The van der Waals surface area contributed by atoms with Crippen molar-refractivity contribution < 1.29 is 23.1 Å². The first-order chi connectivity index (χ1) is 9.92. The number of nitrogens with zero attached hydrogens (tertiary/aromatic N) is 1. The van der Waals surface area contributed by atoms with Crippen molar-refractivity contribution in [3.05, 3.63) is 42.0 Å². The third-order valence-corrected chi connectivity index (χ3v) is 2.53. The minimum Gasteiger partial charge on any atom is -0.395 e. The predicted octanol–water partition coefficient (Wildman–Crippen LogP) is 2.27. The standard InChI is InChI=1S/C14H17F3N2O2/c15-14(16,17)11-18-13(21)19(9-10-20)8-4-7-12-5-2-1-3-6-12/h1-7,20H,8-11H2,(H,18,21). The molecule has 0 atom stereocenters. The van der Waals surface area contributed by atoms with E-state index in [2.05, 4.69) is 0 Å². The van der Waals surface area contributed by atoms with Gasteiger partial charge in [0.1, 0.15) is 6.54 Å². The van der Waals surface area contributed by atoms with Crippen molar-refractivity contribution in [2.75, 3.05) is 26.2 Å². The molecular formula is C14H17F3N2O2. The summed E-state index contributed by atoms with van der Waals surface area (Å²) >= 11 is 0. The Labute approximate surface area is 120 Å². The minimum absolute atomic E-state index is 0.0389. The molecule has 0 heterocycles. The lowest BCUT2D eigenvalue weighted by atomic mass is 10.2. The summed E-state index contributed by atoms with van der Waals surface area (Å²) in [7, 11) is 0. The quantitative estimate of drug-likeness (QED) is 0.847. The Morgan fingerprint density at radius 1 is 1.29 bits per heavy atom. The third-order valence-electron chi connectivity index (χ3n) is 2.53. The molecule has 1 aromatic carbocycles. The maximum Gasteiger partial charge on any atom is 0.405 e. The van der Waals surface area contributed by atoms with E-state index in [9.17, 15) is 18.0 Å². The molecular weight excluding hydrogens is 285 g/mol.